The maximum atomic E-state index is 12.8. The first-order valence-electron chi connectivity index (χ1n) is 11.2. The van der Waals surface area contributed by atoms with Crippen LogP contribution in [0, 0.1) is 0 Å². The Hall–Kier alpha value is -4.13. The Kier molecular flexibility index (Phi) is 5.76. The minimum Gasteiger partial charge on any atom is -0.480 e. The molecule has 0 aromatic heterocycles. The average Bonchev–Trinajstić information content (AvgIpc) is 3.19. The number of alkyl carbamates (subject to hydrolysis) is 1. The molecule has 1 atom stereocenters. The molecule has 172 valence electrons. The van der Waals surface area contributed by atoms with Gasteiger partial charge in [0.15, 0.2) is 0 Å². The van der Waals surface area contributed by atoms with Gasteiger partial charge in [0.1, 0.15) is 19.2 Å². The fourth-order valence-corrected chi connectivity index (χ4v) is 4.90. The fourth-order valence-electron chi connectivity index (χ4n) is 4.90. The Balaban J connectivity index is 1.21. The Bertz CT molecular complexity index is 1230. The lowest BCUT2D eigenvalue weighted by Gasteiger charge is -2.34. The van der Waals surface area contributed by atoms with Crippen molar-refractivity contribution in [2.75, 3.05) is 13.2 Å². The second kappa shape index (κ2) is 9.02. The maximum absolute atomic E-state index is 12.8. The molecule has 0 radical (unpaired) electrons. The molecule has 34 heavy (non-hydrogen) atoms. The normalized spacial score (nSPS) is 16.2. The number of benzene rings is 3. The fraction of sp³-hybridized carbons (Fsp3) is 0.222. The number of fused-ring (bicyclic) bond motifs is 4. The second-order valence-corrected chi connectivity index (χ2v) is 8.53. The van der Waals surface area contributed by atoms with E-state index in [0.717, 1.165) is 33.4 Å². The minimum atomic E-state index is -1.07. The number of carboxylic acid groups (broad SMARTS) is 1. The molecule has 1 aliphatic heterocycles. The number of nitrogens with one attached hydrogen (secondary N) is 1. The van der Waals surface area contributed by atoms with Crippen LogP contribution in [0.1, 0.15) is 28.2 Å². The van der Waals surface area contributed by atoms with E-state index in [-0.39, 0.29) is 32.0 Å². The van der Waals surface area contributed by atoms with Gasteiger partial charge in [-0.3, -0.25) is 4.79 Å². The van der Waals surface area contributed by atoms with Gasteiger partial charge >= 0.3 is 12.1 Å². The molecule has 0 fully saturated rings. The van der Waals surface area contributed by atoms with Gasteiger partial charge in [-0.15, -0.1) is 0 Å². The van der Waals surface area contributed by atoms with Crippen LogP contribution in [0.25, 0.3) is 11.1 Å². The van der Waals surface area contributed by atoms with E-state index in [2.05, 4.69) is 17.4 Å². The van der Waals surface area contributed by atoms with Gasteiger partial charge in [-0.2, -0.15) is 0 Å². The third-order valence-electron chi connectivity index (χ3n) is 6.58. The number of carboxylic acids is 1. The van der Waals surface area contributed by atoms with Crippen molar-refractivity contribution in [2.45, 2.75) is 24.9 Å². The Morgan fingerprint density at radius 1 is 0.882 bits per heavy atom. The van der Waals surface area contributed by atoms with E-state index in [1.54, 1.807) is 0 Å². The summed E-state index contributed by atoms with van der Waals surface area (Å²) >= 11 is 0. The van der Waals surface area contributed by atoms with Crippen LogP contribution in [-0.4, -0.2) is 47.2 Å². The maximum Gasteiger partial charge on any atom is 0.407 e. The van der Waals surface area contributed by atoms with Gasteiger partial charge in [0.2, 0.25) is 5.91 Å². The highest BCUT2D eigenvalue weighted by Crippen LogP contribution is 2.44. The first-order valence-corrected chi connectivity index (χ1v) is 11.2. The van der Waals surface area contributed by atoms with Crippen molar-refractivity contribution in [1.29, 1.82) is 0 Å². The van der Waals surface area contributed by atoms with E-state index in [1.165, 1.54) is 4.90 Å². The standard InChI is InChI=1S/C27H24N2O5/c30-25(29-15-18-8-2-1-7-17(18)13-24(29)26(31)32)14-28-27(33)34-16-23-21-11-5-3-9-19(21)20-10-4-6-12-22(20)23/h1-12,23-24H,13-16H2,(H,28,33)(H,31,32)/t24-/m0/s1. The third kappa shape index (κ3) is 4.01. The Morgan fingerprint density at radius 2 is 1.47 bits per heavy atom. The number of hydrogen-bond acceptors (Lipinski definition) is 4. The average molecular weight is 456 g/mol. The molecule has 2 N–H and O–H groups in total. The van der Waals surface area contributed by atoms with E-state index in [9.17, 15) is 19.5 Å². The molecule has 0 saturated carbocycles. The minimum absolute atomic E-state index is 0.0798. The summed E-state index contributed by atoms with van der Waals surface area (Å²) in [6.45, 7) is 0.00382. The van der Waals surface area contributed by atoms with Crippen LogP contribution in [0.5, 0.6) is 0 Å². The SMILES string of the molecule is O=C(NCC(=O)N1Cc2ccccc2C[C@H]1C(=O)O)OCC1c2ccccc2-c2ccccc21. The molecular weight excluding hydrogens is 432 g/mol. The summed E-state index contributed by atoms with van der Waals surface area (Å²) in [7, 11) is 0. The predicted molar refractivity (Wildman–Crippen MR) is 125 cm³/mol. The zero-order chi connectivity index (χ0) is 23.7. The summed E-state index contributed by atoms with van der Waals surface area (Å²) in [4.78, 5) is 38.3. The molecule has 2 aliphatic rings. The molecule has 0 spiro atoms. The van der Waals surface area contributed by atoms with E-state index in [0.29, 0.717) is 0 Å². The number of hydrogen-bond donors (Lipinski definition) is 2. The van der Waals surface area contributed by atoms with Gasteiger partial charge in [-0.25, -0.2) is 9.59 Å². The van der Waals surface area contributed by atoms with E-state index in [4.69, 9.17) is 4.74 Å². The number of aliphatic carboxylic acids is 1. The highest BCUT2D eigenvalue weighted by atomic mass is 16.5. The molecule has 7 heteroatoms. The number of ether oxygens (including phenoxy) is 1. The van der Waals surface area contributed by atoms with Crippen LogP contribution in [0.4, 0.5) is 4.79 Å². The molecule has 2 amide bonds. The summed E-state index contributed by atoms with van der Waals surface area (Å²) in [5.41, 5.74) is 6.30. The van der Waals surface area contributed by atoms with Gasteiger partial charge in [-0.05, 0) is 33.4 Å². The van der Waals surface area contributed by atoms with Crippen molar-refractivity contribution < 1.29 is 24.2 Å². The largest absolute Gasteiger partial charge is 0.480 e. The van der Waals surface area contributed by atoms with E-state index < -0.39 is 24.0 Å². The molecule has 1 heterocycles. The summed E-state index contributed by atoms with van der Waals surface area (Å²) in [5.74, 6) is -1.61. The number of carbonyl (C=O) groups is 3. The first kappa shape index (κ1) is 21.7. The van der Waals surface area contributed by atoms with Gasteiger partial charge in [0, 0.05) is 18.9 Å². The Labute approximate surface area is 197 Å². The lowest BCUT2D eigenvalue weighted by molar-refractivity contribution is -0.151. The molecule has 0 unspecified atom stereocenters. The van der Waals surface area contributed by atoms with Crippen LogP contribution in [0.2, 0.25) is 0 Å². The van der Waals surface area contributed by atoms with Crippen molar-refractivity contribution in [1.82, 2.24) is 10.2 Å². The summed E-state index contributed by atoms with van der Waals surface area (Å²) in [6.07, 6.45) is -0.471. The quantitative estimate of drug-likeness (QED) is 0.612. The first-order chi connectivity index (χ1) is 16.5. The van der Waals surface area contributed by atoms with Crippen molar-refractivity contribution in [3.05, 3.63) is 95.1 Å². The lowest BCUT2D eigenvalue weighted by Crippen LogP contribution is -2.51. The van der Waals surface area contributed by atoms with Gasteiger partial charge in [-0.1, -0.05) is 72.8 Å². The molecule has 7 nitrogen and oxygen atoms in total. The van der Waals surface area contributed by atoms with Crippen LogP contribution >= 0.6 is 0 Å². The van der Waals surface area contributed by atoms with Crippen molar-refractivity contribution in [2.24, 2.45) is 0 Å². The van der Waals surface area contributed by atoms with Crippen LogP contribution in [-0.2, 0) is 27.3 Å². The van der Waals surface area contributed by atoms with Crippen LogP contribution in [0.15, 0.2) is 72.8 Å². The van der Waals surface area contributed by atoms with Gasteiger partial charge in [0.05, 0.1) is 0 Å². The number of amides is 2. The number of carbonyl (C=O) groups excluding carboxylic acids is 2. The van der Waals surface area contributed by atoms with Gasteiger partial charge in [0.25, 0.3) is 0 Å². The summed E-state index contributed by atoms with van der Waals surface area (Å²) in [6, 6.07) is 22.6. The molecule has 0 saturated heterocycles. The molecule has 1 aliphatic carbocycles. The monoisotopic (exact) mass is 456 g/mol. The zero-order valence-electron chi connectivity index (χ0n) is 18.4. The molecule has 0 bridgehead atoms. The second-order valence-electron chi connectivity index (χ2n) is 8.53. The van der Waals surface area contributed by atoms with Crippen LogP contribution in [0.3, 0.4) is 0 Å². The lowest BCUT2D eigenvalue weighted by atomic mass is 9.94. The topological polar surface area (TPSA) is 95.9 Å². The van der Waals surface area contributed by atoms with Crippen molar-refractivity contribution in [3.8, 4) is 11.1 Å². The Morgan fingerprint density at radius 3 is 2.12 bits per heavy atom. The highest BCUT2D eigenvalue weighted by Gasteiger charge is 2.34. The summed E-state index contributed by atoms with van der Waals surface area (Å²) in [5, 5.41) is 12.1. The number of nitrogens with zero attached hydrogens (tertiary/aromatic N) is 1. The number of rotatable bonds is 5. The summed E-state index contributed by atoms with van der Waals surface area (Å²) < 4.78 is 5.47. The van der Waals surface area contributed by atoms with Gasteiger partial charge < -0.3 is 20.1 Å². The zero-order valence-corrected chi connectivity index (χ0v) is 18.4. The predicted octanol–water partition coefficient (Wildman–Crippen LogP) is 3.56. The van der Waals surface area contributed by atoms with Crippen molar-refractivity contribution in [3.63, 3.8) is 0 Å². The molecule has 3 aromatic carbocycles. The van der Waals surface area contributed by atoms with E-state index >= 15 is 0 Å². The molecule has 3 aromatic rings. The van der Waals surface area contributed by atoms with E-state index in [1.807, 2.05) is 60.7 Å². The molecular formula is C27H24N2O5. The highest BCUT2D eigenvalue weighted by molar-refractivity contribution is 5.87. The molecule has 5 rings (SSSR count). The smallest absolute Gasteiger partial charge is 0.407 e. The van der Waals surface area contributed by atoms with Crippen molar-refractivity contribution >= 4 is 18.0 Å². The van der Waals surface area contributed by atoms with Crippen LogP contribution < -0.4 is 5.32 Å². The third-order valence-corrected chi connectivity index (χ3v) is 6.58.